The molecule has 0 aliphatic heterocycles. The smallest absolute Gasteiger partial charge is 0.0725 e. The third-order valence-corrected chi connectivity index (χ3v) is 4.30. The molecule has 0 saturated heterocycles. The Kier molecular flexibility index (Phi) is 3.61. The van der Waals surface area contributed by atoms with Crippen molar-refractivity contribution < 1.29 is 0 Å². The maximum Gasteiger partial charge on any atom is 0.0725 e. The summed E-state index contributed by atoms with van der Waals surface area (Å²) in [6.07, 6.45) is 4.54. The predicted molar refractivity (Wildman–Crippen MR) is 82.0 cm³/mol. The number of hydrogen-bond donors (Lipinski definition) is 1. The summed E-state index contributed by atoms with van der Waals surface area (Å²) < 4.78 is 0. The normalized spacial score (nSPS) is 23.5. The summed E-state index contributed by atoms with van der Waals surface area (Å²) in [4.78, 5) is 4.58. The highest BCUT2D eigenvalue weighted by Gasteiger charge is 2.19. The van der Waals surface area contributed by atoms with E-state index in [4.69, 9.17) is 11.6 Å². The number of pyridine rings is 1. The number of nitrogens with zero attached hydrogens (tertiary/aromatic N) is 1. The van der Waals surface area contributed by atoms with E-state index in [0.29, 0.717) is 11.4 Å². The lowest BCUT2D eigenvalue weighted by Crippen LogP contribution is -2.26. The van der Waals surface area contributed by atoms with Crippen LogP contribution in [0.2, 0.25) is 0 Å². The average molecular weight is 275 g/mol. The first-order valence-electron chi connectivity index (χ1n) is 6.99. The number of aromatic nitrogens is 1. The fourth-order valence-electron chi connectivity index (χ4n) is 2.84. The Morgan fingerprint density at radius 2 is 1.89 bits per heavy atom. The number of nitrogens with one attached hydrogen (secondary N) is 1. The number of para-hydroxylation sites is 1. The SMILES string of the molecule is Cc1cc(NC2CCC(Cl)CC2)c2ccccc2n1. The molecule has 1 aromatic heterocycles. The molecule has 1 fully saturated rings. The molecule has 1 aliphatic rings. The molecule has 0 unspecified atom stereocenters. The van der Waals surface area contributed by atoms with Crippen LogP contribution in [0.3, 0.4) is 0 Å². The van der Waals surface area contributed by atoms with Crippen LogP contribution >= 0.6 is 11.6 Å². The summed E-state index contributed by atoms with van der Waals surface area (Å²) in [5.41, 5.74) is 3.34. The highest BCUT2D eigenvalue weighted by Crippen LogP contribution is 2.29. The fraction of sp³-hybridized carbons (Fsp3) is 0.438. The highest BCUT2D eigenvalue weighted by molar-refractivity contribution is 6.20. The van der Waals surface area contributed by atoms with Crippen molar-refractivity contribution in [2.45, 2.75) is 44.0 Å². The van der Waals surface area contributed by atoms with Crippen molar-refractivity contribution in [2.75, 3.05) is 5.32 Å². The molecule has 0 atom stereocenters. The van der Waals surface area contributed by atoms with Crippen LogP contribution in [0.15, 0.2) is 30.3 Å². The molecule has 2 nitrogen and oxygen atoms in total. The Hall–Kier alpha value is -1.28. The number of hydrogen-bond acceptors (Lipinski definition) is 2. The first-order valence-corrected chi connectivity index (χ1v) is 7.43. The number of alkyl halides is 1. The summed E-state index contributed by atoms with van der Waals surface area (Å²) >= 11 is 6.17. The van der Waals surface area contributed by atoms with Crippen molar-refractivity contribution in [2.24, 2.45) is 0 Å². The van der Waals surface area contributed by atoms with Gasteiger partial charge in [-0.15, -0.1) is 11.6 Å². The van der Waals surface area contributed by atoms with Crippen molar-refractivity contribution in [3.63, 3.8) is 0 Å². The van der Waals surface area contributed by atoms with Crippen molar-refractivity contribution in [3.05, 3.63) is 36.0 Å². The van der Waals surface area contributed by atoms with Crippen LogP contribution < -0.4 is 5.32 Å². The molecule has 19 heavy (non-hydrogen) atoms. The Morgan fingerprint density at radius 3 is 2.68 bits per heavy atom. The third-order valence-electron chi connectivity index (χ3n) is 3.86. The van der Waals surface area contributed by atoms with Crippen LogP contribution in [-0.4, -0.2) is 16.4 Å². The van der Waals surface area contributed by atoms with Gasteiger partial charge in [-0.1, -0.05) is 18.2 Å². The van der Waals surface area contributed by atoms with Crippen LogP contribution in [0.4, 0.5) is 5.69 Å². The van der Waals surface area contributed by atoms with Gasteiger partial charge in [-0.3, -0.25) is 4.98 Å². The van der Waals surface area contributed by atoms with Crippen LogP contribution in [0.25, 0.3) is 10.9 Å². The minimum Gasteiger partial charge on any atom is -0.382 e. The van der Waals surface area contributed by atoms with Gasteiger partial charge in [0.15, 0.2) is 0 Å². The molecule has 3 rings (SSSR count). The molecule has 0 spiro atoms. The van der Waals surface area contributed by atoms with Gasteiger partial charge in [0.05, 0.1) is 5.52 Å². The van der Waals surface area contributed by atoms with Crippen LogP contribution in [-0.2, 0) is 0 Å². The summed E-state index contributed by atoms with van der Waals surface area (Å²) in [5, 5.41) is 5.27. The maximum absolute atomic E-state index is 6.17. The molecule has 1 saturated carbocycles. The Bertz CT molecular complexity index is 574. The second kappa shape index (κ2) is 5.38. The lowest BCUT2D eigenvalue weighted by Gasteiger charge is -2.27. The van der Waals surface area contributed by atoms with Gasteiger partial charge in [-0.2, -0.15) is 0 Å². The first-order chi connectivity index (χ1) is 9.22. The molecule has 1 N–H and O–H groups in total. The predicted octanol–water partition coefficient (Wildman–Crippen LogP) is 4.51. The molecule has 3 heteroatoms. The van der Waals surface area contributed by atoms with Crippen molar-refractivity contribution in [3.8, 4) is 0 Å². The number of halogens is 1. The van der Waals surface area contributed by atoms with E-state index in [2.05, 4.69) is 34.6 Å². The summed E-state index contributed by atoms with van der Waals surface area (Å²) in [6.45, 7) is 2.05. The summed E-state index contributed by atoms with van der Waals surface area (Å²) in [6, 6.07) is 11.0. The minimum absolute atomic E-state index is 0.369. The van der Waals surface area contributed by atoms with E-state index < -0.39 is 0 Å². The molecular weight excluding hydrogens is 256 g/mol. The second-order valence-corrected chi connectivity index (χ2v) is 6.04. The van der Waals surface area contributed by atoms with E-state index in [1.165, 1.54) is 11.1 Å². The van der Waals surface area contributed by atoms with Crippen molar-refractivity contribution in [1.82, 2.24) is 4.98 Å². The number of aryl methyl sites for hydroxylation is 1. The Morgan fingerprint density at radius 1 is 1.16 bits per heavy atom. The highest BCUT2D eigenvalue weighted by atomic mass is 35.5. The fourth-order valence-corrected chi connectivity index (χ4v) is 3.10. The second-order valence-electron chi connectivity index (χ2n) is 5.42. The van der Waals surface area contributed by atoms with Gasteiger partial charge < -0.3 is 5.32 Å². The monoisotopic (exact) mass is 274 g/mol. The van der Waals surface area contributed by atoms with E-state index in [1.54, 1.807) is 0 Å². The standard InChI is InChI=1S/C16H19ClN2/c1-11-10-16(14-4-2-3-5-15(14)18-11)19-13-8-6-12(17)7-9-13/h2-5,10,12-13H,6-9H2,1H3,(H,18,19). The van der Waals surface area contributed by atoms with Gasteiger partial charge in [0.25, 0.3) is 0 Å². The number of benzene rings is 1. The zero-order chi connectivity index (χ0) is 13.2. The van der Waals surface area contributed by atoms with Crippen molar-refractivity contribution >= 4 is 28.2 Å². The molecule has 2 aromatic rings. The van der Waals surface area contributed by atoms with Gasteiger partial charge in [0, 0.05) is 28.2 Å². The molecule has 100 valence electrons. The molecule has 0 bridgehead atoms. The number of rotatable bonds is 2. The van der Waals surface area contributed by atoms with Crippen LogP contribution in [0, 0.1) is 6.92 Å². The van der Waals surface area contributed by atoms with E-state index in [0.717, 1.165) is 36.9 Å². The minimum atomic E-state index is 0.369. The Labute approximate surface area is 119 Å². The largest absolute Gasteiger partial charge is 0.382 e. The average Bonchev–Trinajstić information content (AvgIpc) is 2.41. The van der Waals surface area contributed by atoms with Crippen LogP contribution in [0.5, 0.6) is 0 Å². The zero-order valence-corrected chi connectivity index (χ0v) is 12.0. The zero-order valence-electron chi connectivity index (χ0n) is 11.2. The van der Waals surface area contributed by atoms with Crippen LogP contribution in [0.1, 0.15) is 31.4 Å². The third kappa shape index (κ3) is 2.84. The number of anilines is 1. The van der Waals surface area contributed by atoms with E-state index in [-0.39, 0.29) is 0 Å². The van der Waals surface area contributed by atoms with Gasteiger partial charge >= 0.3 is 0 Å². The van der Waals surface area contributed by atoms with Gasteiger partial charge in [0.1, 0.15) is 0 Å². The molecule has 1 heterocycles. The van der Waals surface area contributed by atoms with Gasteiger partial charge in [0.2, 0.25) is 0 Å². The lowest BCUT2D eigenvalue weighted by atomic mass is 9.94. The molecular formula is C16H19ClN2. The quantitative estimate of drug-likeness (QED) is 0.816. The van der Waals surface area contributed by atoms with Gasteiger partial charge in [-0.05, 0) is 44.7 Å². The molecule has 0 amide bonds. The summed E-state index contributed by atoms with van der Waals surface area (Å²) in [5.74, 6) is 0. The Balaban J connectivity index is 1.88. The number of fused-ring (bicyclic) bond motifs is 1. The molecule has 0 radical (unpaired) electrons. The molecule has 1 aromatic carbocycles. The van der Waals surface area contributed by atoms with Gasteiger partial charge in [-0.25, -0.2) is 0 Å². The van der Waals surface area contributed by atoms with E-state index in [1.807, 2.05) is 13.0 Å². The topological polar surface area (TPSA) is 24.9 Å². The van der Waals surface area contributed by atoms with E-state index >= 15 is 0 Å². The molecule has 1 aliphatic carbocycles. The van der Waals surface area contributed by atoms with E-state index in [9.17, 15) is 0 Å². The maximum atomic E-state index is 6.17. The first kappa shape index (κ1) is 12.7. The lowest BCUT2D eigenvalue weighted by molar-refractivity contribution is 0.469. The summed E-state index contributed by atoms with van der Waals surface area (Å²) in [7, 11) is 0. The van der Waals surface area contributed by atoms with Crippen molar-refractivity contribution in [1.29, 1.82) is 0 Å².